The molecule has 3 aromatic rings. The fourth-order valence-electron chi connectivity index (χ4n) is 2.85. The largest absolute Gasteiger partial charge is 0.302 e. The average molecular weight is 407 g/mol. The van der Waals surface area contributed by atoms with Crippen LogP contribution in [-0.2, 0) is 0 Å². The van der Waals surface area contributed by atoms with Crippen LogP contribution < -0.4 is 5.43 Å². The molecule has 6 heteroatoms. The van der Waals surface area contributed by atoms with E-state index in [4.69, 9.17) is 11.6 Å². The van der Waals surface area contributed by atoms with Gasteiger partial charge in [-0.1, -0.05) is 29.8 Å². The van der Waals surface area contributed by atoms with Crippen molar-refractivity contribution in [2.45, 2.75) is 19.4 Å². The summed E-state index contributed by atoms with van der Waals surface area (Å²) in [5.41, 5.74) is 7.35. The van der Waals surface area contributed by atoms with E-state index in [0.29, 0.717) is 5.15 Å². The van der Waals surface area contributed by atoms with E-state index in [1.807, 2.05) is 12.1 Å². The molecular weight excluding hydrogens is 394 g/mol. The number of pyridine rings is 1. The summed E-state index contributed by atoms with van der Waals surface area (Å²) in [6, 6.07) is 10.4. The smallest absolute Gasteiger partial charge is 0.135 e. The van der Waals surface area contributed by atoms with Crippen molar-refractivity contribution in [3.63, 3.8) is 0 Å². The zero-order valence-corrected chi connectivity index (χ0v) is 15.5. The molecule has 0 fully saturated rings. The number of aryl methyl sites for hydroxylation is 1. The second kappa shape index (κ2) is 5.89. The number of nitrogens with one attached hydrogen (secondary N) is 1. The van der Waals surface area contributed by atoms with E-state index in [1.54, 1.807) is 11.3 Å². The number of hydrazone groups is 1. The second-order valence-corrected chi connectivity index (χ2v) is 7.69. The number of para-hydroxylation sites is 1. The Labute approximate surface area is 151 Å². The summed E-state index contributed by atoms with van der Waals surface area (Å²) in [5.74, 6) is 0. The Morgan fingerprint density at radius 1 is 1.35 bits per heavy atom. The molecule has 1 N–H and O–H groups in total. The lowest BCUT2D eigenvalue weighted by atomic mass is 10.0. The fraction of sp³-hybridized carbons (Fsp3) is 0.176. The molecule has 116 valence electrons. The molecule has 0 bridgehead atoms. The van der Waals surface area contributed by atoms with Gasteiger partial charge in [-0.2, -0.15) is 5.10 Å². The zero-order chi connectivity index (χ0) is 16.0. The number of rotatable bonds is 2. The standard InChI is InChI=1S/C17H13BrClN3S/c1-9-3-2-4-10-7-11(17(19)20-15(9)10)13-8-14(22-21-13)16-12(18)5-6-23-16/h2-7,13,21H,8H2,1H3. The minimum Gasteiger partial charge on any atom is -0.302 e. The first-order chi connectivity index (χ1) is 11.1. The van der Waals surface area contributed by atoms with Gasteiger partial charge in [0.05, 0.1) is 22.1 Å². The highest BCUT2D eigenvalue weighted by Crippen LogP contribution is 2.34. The first-order valence-electron chi connectivity index (χ1n) is 7.24. The predicted molar refractivity (Wildman–Crippen MR) is 101 cm³/mol. The van der Waals surface area contributed by atoms with Gasteiger partial charge >= 0.3 is 0 Å². The molecule has 0 aliphatic carbocycles. The molecule has 3 heterocycles. The lowest BCUT2D eigenvalue weighted by Gasteiger charge is -2.13. The van der Waals surface area contributed by atoms with Crippen molar-refractivity contribution in [1.29, 1.82) is 0 Å². The molecule has 1 aliphatic rings. The number of fused-ring (bicyclic) bond motifs is 1. The van der Waals surface area contributed by atoms with Crippen LogP contribution in [0.3, 0.4) is 0 Å². The molecule has 1 aliphatic heterocycles. The van der Waals surface area contributed by atoms with Gasteiger partial charge in [-0.3, -0.25) is 0 Å². The van der Waals surface area contributed by atoms with Gasteiger partial charge in [0.25, 0.3) is 0 Å². The summed E-state index contributed by atoms with van der Waals surface area (Å²) in [5, 5.41) is 8.21. The van der Waals surface area contributed by atoms with Gasteiger partial charge in [0.2, 0.25) is 0 Å². The number of thiophene rings is 1. The predicted octanol–water partition coefficient (Wildman–Crippen LogP) is 5.46. The lowest BCUT2D eigenvalue weighted by molar-refractivity contribution is 0.619. The van der Waals surface area contributed by atoms with Crippen LogP contribution in [0.25, 0.3) is 10.9 Å². The SMILES string of the molecule is Cc1cccc2cc(C3CC(c4sccc4Br)=NN3)c(Cl)nc12. The molecule has 1 unspecified atom stereocenters. The van der Waals surface area contributed by atoms with Gasteiger partial charge in [0.1, 0.15) is 5.15 Å². The summed E-state index contributed by atoms with van der Waals surface area (Å²) < 4.78 is 1.09. The molecule has 0 radical (unpaired) electrons. The van der Waals surface area contributed by atoms with Crippen LogP contribution in [0.15, 0.2) is 45.3 Å². The summed E-state index contributed by atoms with van der Waals surface area (Å²) in [7, 11) is 0. The van der Waals surface area contributed by atoms with Crippen LogP contribution >= 0.6 is 38.9 Å². The number of aromatic nitrogens is 1. The van der Waals surface area contributed by atoms with Crippen molar-refractivity contribution in [1.82, 2.24) is 10.4 Å². The molecule has 0 saturated carbocycles. The van der Waals surface area contributed by atoms with Gasteiger partial charge in [-0.25, -0.2) is 4.98 Å². The molecule has 23 heavy (non-hydrogen) atoms. The minimum absolute atomic E-state index is 0.0592. The Balaban J connectivity index is 1.69. The number of hydrogen-bond acceptors (Lipinski definition) is 4. The van der Waals surface area contributed by atoms with E-state index < -0.39 is 0 Å². The quantitative estimate of drug-likeness (QED) is 0.574. The third-order valence-corrected chi connectivity index (χ3v) is 6.23. The van der Waals surface area contributed by atoms with E-state index in [9.17, 15) is 0 Å². The monoisotopic (exact) mass is 405 g/mol. The van der Waals surface area contributed by atoms with Crippen molar-refractivity contribution in [2.75, 3.05) is 0 Å². The van der Waals surface area contributed by atoms with Crippen LogP contribution in [0.2, 0.25) is 5.15 Å². The molecular formula is C17H13BrClN3S. The normalized spacial score (nSPS) is 17.3. The molecule has 4 rings (SSSR count). The zero-order valence-electron chi connectivity index (χ0n) is 12.3. The van der Waals surface area contributed by atoms with E-state index in [0.717, 1.165) is 38.6 Å². The molecule has 0 saturated heterocycles. The summed E-state index contributed by atoms with van der Waals surface area (Å²) in [6.45, 7) is 2.05. The maximum Gasteiger partial charge on any atom is 0.135 e. The number of nitrogens with zero attached hydrogens (tertiary/aromatic N) is 2. The third-order valence-electron chi connectivity index (χ3n) is 4.04. The molecule has 1 aromatic carbocycles. The lowest BCUT2D eigenvalue weighted by Crippen LogP contribution is -2.11. The Morgan fingerprint density at radius 3 is 3.00 bits per heavy atom. The first kappa shape index (κ1) is 15.1. The molecule has 2 aromatic heterocycles. The Bertz CT molecular complexity index is 935. The number of halogens is 2. The van der Waals surface area contributed by atoms with Crippen LogP contribution in [0.4, 0.5) is 0 Å². The molecule has 3 nitrogen and oxygen atoms in total. The number of hydrogen-bond donors (Lipinski definition) is 1. The highest BCUT2D eigenvalue weighted by Gasteiger charge is 2.25. The van der Waals surface area contributed by atoms with Gasteiger partial charge in [-0.05, 0) is 45.9 Å². The van der Waals surface area contributed by atoms with Crippen LogP contribution in [-0.4, -0.2) is 10.7 Å². The van der Waals surface area contributed by atoms with Gasteiger partial charge in [0.15, 0.2) is 0 Å². The van der Waals surface area contributed by atoms with Crippen molar-refractivity contribution in [3.05, 3.63) is 61.3 Å². The van der Waals surface area contributed by atoms with Gasteiger partial charge in [-0.15, -0.1) is 11.3 Å². The Morgan fingerprint density at radius 2 is 2.22 bits per heavy atom. The van der Waals surface area contributed by atoms with Crippen molar-refractivity contribution < 1.29 is 0 Å². The molecule has 1 atom stereocenters. The maximum absolute atomic E-state index is 6.45. The second-order valence-electron chi connectivity index (χ2n) is 5.56. The third kappa shape index (κ3) is 2.67. The topological polar surface area (TPSA) is 37.3 Å². The van der Waals surface area contributed by atoms with Crippen LogP contribution in [0, 0.1) is 6.92 Å². The number of benzene rings is 1. The van der Waals surface area contributed by atoms with Crippen molar-refractivity contribution >= 4 is 55.5 Å². The van der Waals surface area contributed by atoms with E-state index in [-0.39, 0.29) is 6.04 Å². The van der Waals surface area contributed by atoms with Crippen molar-refractivity contribution in [2.24, 2.45) is 5.10 Å². The maximum atomic E-state index is 6.45. The van der Waals surface area contributed by atoms with Gasteiger partial charge < -0.3 is 5.43 Å². The summed E-state index contributed by atoms with van der Waals surface area (Å²) >= 11 is 11.7. The molecule has 0 spiro atoms. The fourth-order valence-corrected chi connectivity index (χ4v) is 4.72. The Hall–Kier alpha value is -1.43. The Kier molecular flexibility index (Phi) is 3.87. The molecule has 0 amide bonds. The minimum atomic E-state index is 0.0592. The van der Waals surface area contributed by atoms with Crippen LogP contribution in [0.1, 0.15) is 28.5 Å². The average Bonchev–Trinajstić information content (AvgIpc) is 3.16. The van der Waals surface area contributed by atoms with Crippen LogP contribution in [0.5, 0.6) is 0 Å². The van der Waals surface area contributed by atoms with Gasteiger partial charge in [0, 0.05) is 21.8 Å². The van der Waals surface area contributed by atoms with E-state index >= 15 is 0 Å². The first-order valence-corrected chi connectivity index (χ1v) is 9.30. The highest BCUT2D eigenvalue weighted by molar-refractivity contribution is 9.10. The highest BCUT2D eigenvalue weighted by atomic mass is 79.9. The van der Waals surface area contributed by atoms with E-state index in [2.05, 4.69) is 61.9 Å². The summed E-state index contributed by atoms with van der Waals surface area (Å²) in [6.07, 6.45) is 0.803. The van der Waals surface area contributed by atoms with E-state index in [1.165, 1.54) is 4.88 Å². The van der Waals surface area contributed by atoms with Crippen molar-refractivity contribution in [3.8, 4) is 0 Å². The summed E-state index contributed by atoms with van der Waals surface area (Å²) in [4.78, 5) is 5.76.